The van der Waals surface area contributed by atoms with Crippen molar-refractivity contribution in [3.8, 4) is 33.4 Å². The van der Waals surface area contributed by atoms with E-state index in [1.807, 2.05) is 0 Å². The molecule has 0 N–H and O–H groups in total. The fourth-order valence-corrected chi connectivity index (χ4v) is 8.10. The fourth-order valence-electron chi connectivity index (χ4n) is 8.10. The Kier molecular flexibility index (Phi) is 7.55. The predicted octanol–water partition coefficient (Wildman–Crippen LogP) is 14.8. The van der Waals surface area contributed by atoms with Gasteiger partial charge in [0.15, 0.2) is 0 Å². The third kappa shape index (κ3) is 5.51. The number of anilines is 3. The zero-order valence-corrected chi connectivity index (χ0v) is 29.2. The van der Waals surface area contributed by atoms with Crippen LogP contribution in [-0.4, -0.2) is 0 Å². The molecule has 0 bridgehead atoms. The Morgan fingerprint density at radius 2 is 0.755 bits per heavy atom. The van der Waals surface area contributed by atoms with E-state index in [1.165, 1.54) is 76.5 Å². The van der Waals surface area contributed by atoms with E-state index in [4.69, 9.17) is 0 Å². The van der Waals surface area contributed by atoms with Crippen LogP contribution in [0.4, 0.5) is 17.1 Å². The van der Waals surface area contributed by atoms with Crippen molar-refractivity contribution < 1.29 is 0 Å². The molecule has 1 nitrogen and oxygen atoms in total. The molecule has 53 heavy (non-hydrogen) atoms. The van der Waals surface area contributed by atoms with Gasteiger partial charge in [0, 0.05) is 17.1 Å². The summed E-state index contributed by atoms with van der Waals surface area (Å²) in [4.78, 5) is 2.42. The molecule has 248 valence electrons. The van der Waals surface area contributed by atoms with Crippen LogP contribution < -0.4 is 4.90 Å². The predicted molar refractivity (Wildman–Crippen MR) is 227 cm³/mol. The molecule has 0 radical (unpaired) electrons. The number of nitrogens with zero attached hydrogens (tertiary/aromatic N) is 1. The van der Waals surface area contributed by atoms with E-state index in [-0.39, 0.29) is 0 Å². The molecule has 1 heteroatoms. The number of fused-ring (bicyclic) bond motifs is 6. The minimum atomic E-state index is 1.10. The molecule has 0 atom stereocenters. The molecular weight excluding hydrogens is 639 g/mol. The van der Waals surface area contributed by atoms with Crippen molar-refractivity contribution in [2.24, 2.45) is 0 Å². The van der Waals surface area contributed by atoms with Gasteiger partial charge in [0.2, 0.25) is 0 Å². The second-order valence-corrected chi connectivity index (χ2v) is 13.7. The molecule has 0 heterocycles. The zero-order valence-electron chi connectivity index (χ0n) is 29.2. The molecule has 0 saturated heterocycles. The van der Waals surface area contributed by atoms with E-state index in [0.29, 0.717) is 0 Å². The standard InChI is InChI=1S/C52H35N/c1-3-15-36(16-4-1)39-21-13-23-42(31-39)53(44-33-40-20-8-10-26-46(40)50(34-44)37-17-5-2-6-18-37)43-24-14-22-41(32-43)51-35-52-45-25-9-7-19-38(45)29-30-49(52)47-27-11-12-28-48(47)51/h1-35H. The van der Waals surface area contributed by atoms with Crippen LogP contribution in [0.2, 0.25) is 0 Å². The lowest BCUT2D eigenvalue weighted by Crippen LogP contribution is -2.10. The summed E-state index contributed by atoms with van der Waals surface area (Å²) in [5, 5.41) is 10.1. The maximum Gasteiger partial charge on any atom is 0.0474 e. The minimum absolute atomic E-state index is 1.10. The molecule has 0 aliphatic carbocycles. The first-order valence-electron chi connectivity index (χ1n) is 18.3. The monoisotopic (exact) mass is 673 g/mol. The van der Waals surface area contributed by atoms with Crippen LogP contribution in [-0.2, 0) is 0 Å². The Labute approximate surface area is 309 Å². The van der Waals surface area contributed by atoms with Crippen molar-refractivity contribution >= 4 is 60.2 Å². The van der Waals surface area contributed by atoms with Crippen molar-refractivity contribution in [2.75, 3.05) is 4.90 Å². The lowest BCUT2D eigenvalue weighted by molar-refractivity contribution is 1.29. The summed E-state index contributed by atoms with van der Waals surface area (Å²) in [6.07, 6.45) is 0. The zero-order chi connectivity index (χ0) is 35.1. The highest BCUT2D eigenvalue weighted by Gasteiger charge is 2.18. The summed E-state index contributed by atoms with van der Waals surface area (Å²) in [6, 6.07) is 77.3. The Morgan fingerprint density at radius 3 is 1.51 bits per heavy atom. The van der Waals surface area contributed by atoms with Crippen molar-refractivity contribution in [1.29, 1.82) is 0 Å². The normalized spacial score (nSPS) is 11.4. The van der Waals surface area contributed by atoms with Crippen molar-refractivity contribution in [1.82, 2.24) is 0 Å². The van der Waals surface area contributed by atoms with E-state index in [9.17, 15) is 0 Å². The fraction of sp³-hybridized carbons (Fsp3) is 0. The highest BCUT2D eigenvalue weighted by Crippen LogP contribution is 2.44. The molecule has 0 aromatic heterocycles. The van der Waals surface area contributed by atoms with Gasteiger partial charge in [0.1, 0.15) is 0 Å². The minimum Gasteiger partial charge on any atom is -0.310 e. The lowest BCUT2D eigenvalue weighted by atomic mass is 9.90. The van der Waals surface area contributed by atoms with Gasteiger partial charge in [-0.1, -0.05) is 170 Å². The van der Waals surface area contributed by atoms with Gasteiger partial charge < -0.3 is 4.90 Å². The highest BCUT2D eigenvalue weighted by molar-refractivity contribution is 6.21. The van der Waals surface area contributed by atoms with Crippen LogP contribution in [0.15, 0.2) is 212 Å². The SMILES string of the molecule is c1ccc(-c2cccc(N(c3cccc(-c4cc5c6ccccc6ccc5c5ccccc45)c3)c3cc(-c4ccccc4)c4ccccc4c3)c2)cc1. The van der Waals surface area contributed by atoms with Gasteiger partial charge in [-0.3, -0.25) is 0 Å². The Bertz CT molecular complexity index is 2940. The maximum atomic E-state index is 2.42. The van der Waals surface area contributed by atoms with Crippen LogP contribution in [0.1, 0.15) is 0 Å². The molecule has 0 aliphatic heterocycles. The lowest BCUT2D eigenvalue weighted by Gasteiger charge is -2.28. The number of rotatable bonds is 6. The van der Waals surface area contributed by atoms with Crippen LogP contribution in [0, 0.1) is 0 Å². The molecule has 10 aromatic rings. The maximum absolute atomic E-state index is 2.42. The first-order valence-corrected chi connectivity index (χ1v) is 18.3. The molecule has 10 aromatic carbocycles. The van der Waals surface area contributed by atoms with Gasteiger partial charge in [0.25, 0.3) is 0 Å². The number of benzene rings is 10. The van der Waals surface area contributed by atoms with E-state index in [2.05, 4.69) is 217 Å². The smallest absolute Gasteiger partial charge is 0.0474 e. The molecule has 10 rings (SSSR count). The average Bonchev–Trinajstić information content (AvgIpc) is 3.24. The highest BCUT2D eigenvalue weighted by atomic mass is 15.1. The molecule has 0 unspecified atom stereocenters. The summed E-state index contributed by atoms with van der Waals surface area (Å²) >= 11 is 0. The molecule has 0 fully saturated rings. The van der Waals surface area contributed by atoms with E-state index < -0.39 is 0 Å². The summed E-state index contributed by atoms with van der Waals surface area (Å²) in [5.74, 6) is 0. The van der Waals surface area contributed by atoms with Gasteiger partial charge in [-0.15, -0.1) is 0 Å². The Hall–Kier alpha value is -6.96. The Balaban J connectivity index is 1.22. The van der Waals surface area contributed by atoms with Crippen LogP contribution in [0.25, 0.3) is 76.5 Å². The first-order chi connectivity index (χ1) is 26.3. The molecule has 0 spiro atoms. The van der Waals surface area contributed by atoms with Crippen LogP contribution in [0.3, 0.4) is 0 Å². The first kappa shape index (κ1) is 30.8. The van der Waals surface area contributed by atoms with Crippen molar-refractivity contribution in [3.05, 3.63) is 212 Å². The van der Waals surface area contributed by atoms with Crippen LogP contribution in [0.5, 0.6) is 0 Å². The van der Waals surface area contributed by atoms with E-state index >= 15 is 0 Å². The summed E-state index contributed by atoms with van der Waals surface area (Å²) in [7, 11) is 0. The van der Waals surface area contributed by atoms with Crippen molar-refractivity contribution in [3.63, 3.8) is 0 Å². The second-order valence-electron chi connectivity index (χ2n) is 13.7. The largest absolute Gasteiger partial charge is 0.310 e. The third-order valence-electron chi connectivity index (χ3n) is 10.6. The van der Waals surface area contributed by atoms with Gasteiger partial charge in [-0.05, 0) is 119 Å². The Morgan fingerprint density at radius 1 is 0.226 bits per heavy atom. The average molecular weight is 674 g/mol. The summed E-state index contributed by atoms with van der Waals surface area (Å²) in [6.45, 7) is 0. The molecule has 0 amide bonds. The number of hydrogen-bond acceptors (Lipinski definition) is 1. The third-order valence-corrected chi connectivity index (χ3v) is 10.6. The summed E-state index contributed by atoms with van der Waals surface area (Å²) < 4.78 is 0. The molecular formula is C52H35N. The van der Waals surface area contributed by atoms with Gasteiger partial charge >= 0.3 is 0 Å². The summed E-state index contributed by atoms with van der Waals surface area (Å²) in [5.41, 5.74) is 10.5. The second kappa shape index (κ2) is 13.0. The quantitative estimate of drug-likeness (QED) is 0.159. The van der Waals surface area contributed by atoms with E-state index in [0.717, 1.165) is 17.1 Å². The number of hydrogen-bond donors (Lipinski definition) is 0. The topological polar surface area (TPSA) is 3.24 Å². The van der Waals surface area contributed by atoms with Crippen molar-refractivity contribution in [2.45, 2.75) is 0 Å². The molecule has 0 saturated carbocycles. The van der Waals surface area contributed by atoms with Gasteiger partial charge in [-0.25, -0.2) is 0 Å². The molecule has 0 aliphatic rings. The van der Waals surface area contributed by atoms with Gasteiger partial charge in [0.05, 0.1) is 0 Å². The van der Waals surface area contributed by atoms with Crippen LogP contribution >= 0.6 is 0 Å². The van der Waals surface area contributed by atoms with Gasteiger partial charge in [-0.2, -0.15) is 0 Å². The van der Waals surface area contributed by atoms with E-state index in [1.54, 1.807) is 0 Å².